The largest absolute Gasteiger partial charge is 0.358 e. The Hall–Kier alpha value is -0.950. The molecule has 1 aliphatic rings. The first-order chi connectivity index (χ1) is 6.45. The first-order valence-corrected chi connectivity index (χ1v) is 5.03. The number of para-hydroxylation sites is 1. The third-order valence-electron chi connectivity index (χ3n) is 3.01. The van der Waals surface area contributed by atoms with Crippen LogP contribution >= 0.6 is 12.4 Å². The number of nitrogens with one attached hydrogen (secondary N) is 1. The number of fused-ring (bicyclic) bond motifs is 3. The molecule has 0 atom stereocenters. The fraction of sp³-hybridized carbons (Fsp3) is 0.333. The van der Waals surface area contributed by atoms with Crippen molar-refractivity contribution in [3.8, 4) is 0 Å². The van der Waals surface area contributed by atoms with Crippen molar-refractivity contribution in [2.75, 3.05) is 0 Å². The Morgan fingerprint density at radius 3 is 2.71 bits per heavy atom. The predicted octanol–water partition coefficient (Wildman–Crippen LogP) is 3.47. The minimum atomic E-state index is 0. The van der Waals surface area contributed by atoms with Crippen LogP contribution in [0.1, 0.15) is 24.1 Å². The standard InChI is InChI=1S/C12H13N.ClH/c1-3-7-11-9(5-1)10-6-2-4-8-12(10)13-11;/h1,3,5,7,13H,2,4,6,8H2;1H. The van der Waals surface area contributed by atoms with Crippen LogP contribution in [0.5, 0.6) is 0 Å². The maximum Gasteiger partial charge on any atom is 0.0458 e. The number of hydrogen-bond acceptors (Lipinski definition) is 0. The quantitative estimate of drug-likeness (QED) is 0.681. The highest BCUT2D eigenvalue weighted by molar-refractivity contribution is 5.85. The summed E-state index contributed by atoms with van der Waals surface area (Å²) >= 11 is 0. The Morgan fingerprint density at radius 1 is 1.00 bits per heavy atom. The summed E-state index contributed by atoms with van der Waals surface area (Å²) in [6, 6.07) is 8.64. The second kappa shape index (κ2) is 3.66. The lowest BCUT2D eigenvalue weighted by molar-refractivity contribution is 0.680. The van der Waals surface area contributed by atoms with Crippen LogP contribution in [0.25, 0.3) is 10.9 Å². The molecule has 1 aromatic heterocycles. The monoisotopic (exact) mass is 207 g/mol. The molecule has 74 valence electrons. The SMILES string of the molecule is Cl.c1ccc2c3c([nH]c2c1)CCCC3. The zero-order valence-electron chi connectivity index (χ0n) is 8.05. The van der Waals surface area contributed by atoms with E-state index in [0.29, 0.717) is 0 Å². The number of aromatic nitrogens is 1. The fourth-order valence-corrected chi connectivity index (χ4v) is 2.36. The van der Waals surface area contributed by atoms with Gasteiger partial charge in [-0.1, -0.05) is 18.2 Å². The number of rotatable bonds is 0. The van der Waals surface area contributed by atoms with E-state index in [1.54, 1.807) is 5.56 Å². The minimum Gasteiger partial charge on any atom is -0.358 e. The molecule has 1 N–H and O–H groups in total. The van der Waals surface area contributed by atoms with Crippen LogP contribution in [0.4, 0.5) is 0 Å². The van der Waals surface area contributed by atoms with E-state index in [-0.39, 0.29) is 12.4 Å². The molecule has 0 aliphatic heterocycles. The highest BCUT2D eigenvalue weighted by Crippen LogP contribution is 2.28. The van der Waals surface area contributed by atoms with Crippen LogP contribution in [0.3, 0.4) is 0 Å². The smallest absolute Gasteiger partial charge is 0.0458 e. The highest BCUT2D eigenvalue weighted by atomic mass is 35.5. The minimum absolute atomic E-state index is 0. The molecule has 2 aromatic rings. The average molecular weight is 208 g/mol. The van der Waals surface area contributed by atoms with Crippen molar-refractivity contribution in [3.63, 3.8) is 0 Å². The van der Waals surface area contributed by atoms with Crippen LogP contribution in [0, 0.1) is 0 Å². The number of H-pyrrole nitrogens is 1. The molecule has 1 aliphatic carbocycles. The summed E-state index contributed by atoms with van der Waals surface area (Å²) in [7, 11) is 0. The molecule has 0 unspecified atom stereocenters. The van der Waals surface area contributed by atoms with Gasteiger partial charge in [0.1, 0.15) is 0 Å². The van der Waals surface area contributed by atoms with Gasteiger partial charge in [0.2, 0.25) is 0 Å². The van der Waals surface area contributed by atoms with E-state index < -0.39 is 0 Å². The number of aryl methyl sites for hydroxylation is 2. The van der Waals surface area contributed by atoms with Gasteiger partial charge >= 0.3 is 0 Å². The summed E-state index contributed by atoms with van der Waals surface area (Å²) in [5.41, 5.74) is 4.36. The first kappa shape index (κ1) is 9.60. The average Bonchev–Trinajstić information content (AvgIpc) is 2.56. The summed E-state index contributed by atoms with van der Waals surface area (Å²) in [5.74, 6) is 0. The molecule has 1 nitrogen and oxygen atoms in total. The molecular formula is C12H14ClN. The third-order valence-corrected chi connectivity index (χ3v) is 3.01. The summed E-state index contributed by atoms with van der Waals surface area (Å²) < 4.78 is 0. The normalized spacial score (nSPS) is 14.9. The number of halogens is 1. The van der Waals surface area contributed by atoms with Crippen molar-refractivity contribution in [1.29, 1.82) is 0 Å². The Kier molecular flexibility index (Phi) is 2.51. The van der Waals surface area contributed by atoms with Crippen molar-refractivity contribution in [2.24, 2.45) is 0 Å². The van der Waals surface area contributed by atoms with Gasteiger partial charge in [-0.05, 0) is 37.3 Å². The Bertz CT molecular complexity index is 445. The molecule has 2 heteroatoms. The lowest BCUT2D eigenvalue weighted by Gasteiger charge is -2.10. The Morgan fingerprint density at radius 2 is 1.79 bits per heavy atom. The van der Waals surface area contributed by atoms with E-state index in [1.807, 2.05) is 0 Å². The molecule has 0 saturated carbocycles. The summed E-state index contributed by atoms with van der Waals surface area (Å²) in [4.78, 5) is 3.52. The van der Waals surface area contributed by atoms with E-state index >= 15 is 0 Å². The molecule has 14 heavy (non-hydrogen) atoms. The predicted molar refractivity (Wildman–Crippen MR) is 62.2 cm³/mol. The second-order valence-electron chi connectivity index (χ2n) is 3.83. The molecule has 0 radical (unpaired) electrons. The topological polar surface area (TPSA) is 15.8 Å². The van der Waals surface area contributed by atoms with Crippen molar-refractivity contribution >= 4 is 23.3 Å². The van der Waals surface area contributed by atoms with E-state index in [2.05, 4.69) is 29.2 Å². The van der Waals surface area contributed by atoms with E-state index in [0.717, 1.165) is 0 Å². The molecule has 1 aromatic carbocycles. The number of hydrogen-bond donors (Lipinski definition) is 1. The van der Waals surface area contributed by atoms with Gasteiger partial charge in [-0.15, -0.1) is 12.4 Å². The van der Waals surface area contributed by atoms with Crippen LogP contribution in [0.15, 0.2) is 24.3 Å². The fourth-order valence-electron chi connectivity index (χ4n) is 2.36. The summed E-state index contributed by atoms with van der Waals surface area (Å²) in [6.07, 6.45) is 5.21. The van der Waals surface area contributed by atoms with Crippen molar-refractivity contribution in [2.45, 2.75) is 25.7 Å². The van der Waals surface area contributed by atoms with E-state index in [1.165, 1.54) is 42.3 Å². The zero-order chi connectivity index (χ0) is 8.67. The zero-order valence-corrected chi connectivity index (χ0v) is 8.86. The van der Waals surface area contributed by atoms with Crippen LogP contribution < -0.4 is 0 Å². The lowest BCUT2D eigenvalue weighted by atomic mass is 9.96. The maximum atomic E-state index is 3.52. The molecule has 0 amide bonds. The van der Waals surface area contributed by atoms with Gasteiger partial charge < -0.3 is 4.98 Å². The molecular weight excluding hydrogens is 194 g/mol. The Balaban J connectivity index is 0.000000750. The van der Waals surface area contributed by atoms with Crippen molar-refractivity contribution in [3.05, 3.63) is 35.5 Å². The number of aromatic amines is 1. The first-order valence-electron chi connectivity index (χ1n) is 5.03. The molecule has 0 bridgehead atoms. The van der Waals surface area contributed by atoms with Crippen molar-refractivity contribution in [1.82, 2.24) is 4.98 Å². The van der Waals surface area contributed by atoms with Gasteiger partial charge in [0.05, 0.1) is 0 Å². The Labute approximate surface area is 89.9 Å². The molecule has 0 spiro atoms. The van der Waals surface area contributed by atoms with E-state index in [4.69, 9.17) is 0 Å². The van der Waals surface area contributed by atoms with Gasteiger partial charge in [0.15, 0.2) is 0 Å². The van der Waals surface area contributed by atoms with Gasteiger partial charge in [-0.3, -0.25) is 0 Å². The van der Waals surface area contributed by atoms with Crippen LogP contribution in [-0.4, -0.2) is 4.98 Å². The van der Waals surface area contributed by atoms with E-state index in [9.17, 15) is 0 Å². The molecule has 0 saturated heterocycles. The second-order valence-corrected chi connectivity index (χ2v) is 3.83. The molecule has 0 fully saturated rings. The van der Waals surface area contributed by atoms with Crippen molar-refractivity contribution < 1.29 is 0 Å². The summed E-state index contributed by atoms with van der Waals surface area (Å²) in [5, 5.41) is 1.44. The maximum absolute atomic E-state index is 3.52. The molecule has 1 heterocycles. The van der Waals surface area contributed by atoms with Gasteiger partial charge in [0, 0.05) is 16.6 Å². The van der Waals surface area contributed by atoms with Crippen LogP contribution in [0.2, 0.25) is 0 Å². The lowest BCUT2D eigenvalue weighted by Crippen LogP contribution is -1.99. The summed E-state index contributed by atoms with van der Waals surface area (Å²) in [6.45, 7) is 0. The van der Waals surface area contributed by atoms with Gasteiger partial charge in [-0.25, -0.2) is 0 Å². The third kappa shape index (κ3) is 1.32. The molecule has 3 rings (SSSR count). The number of benzene rings is 1. The highest BCUT2D eigenvalue weighted by Gasteiger charge is 2.13. The van der Waals surface area contributed by atoms with Gasteiger partial charge in [0.25, 0.3) is 0 Å². The van der Waals surface area contributed by atoms with Crippen LogP contribution in [-0.2, 0) is 12.8 Å². The van der Waals surface area contributed by atoms with Gasteiger partial charge in [-0.2, -0.15) is 0 Å².